The summed E-state index contributed by atoms with van der Waals surface area (Å²) in [6.07, 6.45) is 3.97. The van der Waals surface area contributed by atoms with Gasteiger partial charge in [-0.2, -0.15) is 0 Å². The summed E-state index contributed by atoms with van der Waals surface area (Å²) in [5.74, 6) is 0.590. The molecule has 1 aromatic rings. The molecule has 82 valence electrons. The monoisotopic (exact) mass is 224 g/mol. The van der Waals surface area contributed by atoms with E-state index in [1.807, 2.05) is 18.2 Å². The average Bonchev–Trinajstić information content (AvgIpc) is 2.31. The first kappa shape index (κ1) is 10.8. The van der Waals surface area contributed by atoms with Crippen molar-refractivity contribution < 1.29 is 4.21 Å². The molecular formula is C11H16N2OS. The fourth-order valence-electron chi connectivity index (χ4n) is 1.79. The molecule has 1 aromatic heterocycles. The molecule has 3 nitrogen and oxygen atoms in total. The number of hydrogen-bond donors (Lipinski definition) is 1. The van der Waals surface area contributed by atoms with E-state index in [1.54, 1.807) is 6.20 Å². The van der Waals surface area contributed by atoms with E-state index < -0.39 is 10.8 Å². The number of rotatable bonds is 3. The van der Waals surface area contributed by atoms with Gasteiger partial charge in [0.2, 0.25) is 0 Å². The minimum absolute atomic E-state index is 0.306. The molecule has 15 heavy (non-hydrogen) atoms. The first-order valence-corrected chi connectivity index (χ1v) is 6.72. The van der Waals surface area contributed by atoms with Gasteiger partial charge in [-0.05, 0) is 31.5 Å². The topological polar surface area (TPSA) is 42.0 Å². The quantitative estimate of drug-likeness (QED) is 0.835. The second-order valence-corrected chi connectivity index (χ2v) is 5.53. The van der Waals surface area contributed by atoms with Crippen molar-refractivity contribution in [1.29, 1.82) is 0 Å². The molecule has 0 spiro atoms. The largest absolute Gasteiger partial charge is 0.316 e. The van der Waals surface area contributed by atoms with E-state index in [4.69, 9.17) is 0 Å². The summed E-state index contributed by atoms with van der Waals surface area (Å²) in [5.41, 5.74) is 0.932. The summed E-state index contributed by atoms with van der Waals surface area (Å²) < 4.78 is 12.0. The maximum Gasteiger partial charge on any atom is 0.0662 e. The van der Waals surface area contributed by atoms with E-state index in [1.165, 1.54) is 0 Å². The Balaban J connectivity index is 1.91. The Bertz CT molecular complexity index is 323. The van der Waals surface area contributed by atoms with Crippen molar-refractivity contribution in [2.75, 3.05) is 13.1 Å². The van der Waals surface area contributed by atoms with Gasteiger partial charge in [-0.3, -0.25) is 9.19 Å². The minimum atomic E-state index is -0.782. The molecule has 0 radical (unpaired) electrons. The highest BCUT2D eigenvalue weighted by atomic mass is 32.2. The van der Waals surface area contributed by atoms with Crippen molar-refractivity contribution >= 4 is 10.8 Å². The lowest BCUT2D eigenvalue weighted by Crippen LogP contribution is -2.36. The van der Waals surface area contributed by atoms with Crippen LogP contribution in [0.5, 0.6) is 0 Å². The Morgan fingerprint density at radius 1 is 1.53 bits per heavy atom. The summed E-state index contributed by atoms with van der Waals surface area (Å²) in [5, 5.41) is 3.59. The SMILES string of the molecule is O=[S@@](Cc1ccccn1)[C@@H]1CCCNC1. The van der Waals surface area contributed by atoms with Crippen LogP contribution in [0.3, 0.4) is 0 Å². The van der Waals surface area contributed by atoms with Crippen molar-refractivity contribution in [1.82, 2.24) is 10.3 Å². The third-order valence-corrected chi connectivity index (χ3v) is 4.37. The maximum absolute atomic E-state index is 12.0. The predicted octanol–water partition coefficient (Wildman–Crippen LogP) is 1.08. The van der Waals surface area contributed by atoms with Crippen LogP contribution in [0.4, 0.5) is 0 Å². The molecule has 2 rings (SSSR count). The zero-order valence-electron chi connectivity index (χ0n) is 8.69. The molecule has 0 bridgehead atoms. The second kappa shape index (κ2) is 5.37. The molecule has 4 heteroatoms. The predicted molar refractivity (Wildman–Crippen MR) is 62.0 cm³/mol. The Morgan fingerprint density at radius 3 is 3.13 bits per heavy atom. The summed E-state index contributed by atoms with van der Waals surface area (Å²) >= 11 is 0. The molecular weight excluding hydrogens is 208 g/mol. The van der Waals surface area contributed by atoms with Gasteiger partial charge >= 0.3 is 0 Å². The summed E-state index contributed by atoms with van der Waals surface area (Å²) in [7, 11) is -0.782. The number of nitrogens with zero attached hydrogens (tertiary/aromatic N) is 1. The van der Waals surface area contributed by atoms with Gasteiger partial charge in [0.05, 0.1) is 11.4 Å². The van der Waals surface area contributed by atoms with E-state index >= 15 is 0 Å². The highest BCUT2D eigenvalue weighted by Gasteiger charge is 2.19. The molecule has 1 saturated heterocycles. The van der Waals surface area contributed by atoms with Crippen LogP contribution in [0, 0.1) is 0 Å². The molecule has 1 aliphatic rings. The highest BCUT2D eigenvalue weighted by molar-refractivity contribution is 7.84. The van der Waals surface area contributed by atoms with E-state index in [2.05, 4.69) is 10.3 Å². The van der Waals surface area contributed by atoms with Crippen LogP contribution in [-0.4, -0.2) is 27.5 Å². The number of nitrogens with one attached hydrogen (secondary N) is 1. The molecule has 1 aliphatic heterocycles. The fourth-order valence-corrected chi connectivity index (χ4v) is 3.22. The third kappa shape index (κ3) is 3.11. The van der Waals surface area contributed by atoms with E-state index in [0.29, 0.717) is 11.0 Å². The Hall–Kier alpha value is -0.740. The average molecular weight is 224 g/mol. The molecule has 2 heterocycles. The van der Waals surface area contributed by atoms with Gasteiger partial charge in [0.25, 0.3) is 0 Å². The smallest absolute Gasteiger partial charge is 0.0662 e. The Kier molecular flexibility index (Phi) is 3.86. The summed E-state index contributed by atoms with van der Waals surface area (Å²) in [6.45, 7) is 1.96. The standard InChI is InChI=1S/C11H16N2OS/c14-15(11-5-3-6-12-8-11)9-10-4-1-2-7-13-10/h1-2,4,7,11-12H,3,5-6,8-9H2/t11-,15+/m1/s1. The van der Waals surface area contributed by atoms with Crippen LogP contribution in [-0.2, 0) is 16.6 Å². The lowest BCUT2D eigenvalue weighted by molar-refractivity contribution is 0.519. The number of aromatic nitrogens is 1. The van der Waals surface area contributed by atoms with Gasteiger partial charge in [-0.15, -0.1) is 0 Å². The first-order chi connectivity index (χ1) is 7.36. The van der Waals surface area contributed by atoms with Gasteiger partial charge in [-0.1, -0.05) is 6.07 Å². The summed E-state index contributed by atoms with van der Waals surface area (Å²) in [6, 6.07) is 5.77. The van der Waals surface area contributed by atoms with Crippen LogP contribution < -0.4 is 5.32 Å². The van der Waals surface area contributed by atoms with Gasteiger partial charge in [0.1, 0.15) is 0 Å². The van der Waals surface area contributed by atoms with E-state index in [0.717, 1.165) is 31.6 Å². The molecule has 1 fully saturated rings. The number of hydrogen-bond acceptors (Lipinski definition) is 3. The van der Waals surface area contributed by atoms with E-state index in [9.17, 15) is 4.21 Å². The van der Waals surface area contributed by atoms with Gasteiger partial charge in [-0.25, -0.2) is 0 Å². The molecule has 2 atom stereocenters. The Morgan fingerprint density at radius 2 is 2.47 bits per heavy atom. The van der Waals surface area contributed by atoms with Crippen molar-refractivity contribution in [3.8, 4) is 0 Å². The van der Waals surface area contributed by atoms with Crippen LogP contribution in [0.2, 0.25) is 0 Å². The van der Waals surface area contributed by atoms with Crippen molar-refractivity contribution in [3.05, 3.63) is 30.1 Å². The van der Waals surface area contributed by atoms with Crippen LogP contribution in [0.15, 0.2) is 24.4 Å². The second-order valence-electron chi connectivity index (χ2n) is 3.81. The normalized spacial score (nSPS) is 23.6. The highest BCUT2D eigenvalue weighted by Crippen LogP contribution is 2.12. The Labute approximate surface area is 92.8 Å². The first-order valence-electron chi connectivity index (χ1n) is 5.34. The van der Waals surface area contributed by atoms with Crippen molar-refractivity contribution in [2.24, 2.45) is 0 Å². The van der Waals surface area contributed by atoms with Gasteiger partial charge in [0, 0.05) is 28.8 Å². The molecule has 0 unspecified atom stereocenters. The van der Waals surface area contributed by atoms with E-state index in [-0.39, 0.29) is 0 Å². The lowest BCUT2D eigenvalue weighted by Gasteiger charge is -2.21. The molecule has 0 aliphatic carbocycles. The van der Waals surface area contributed by atoms with Crippen LogP contribution in [0.1, 0.15) is 18.5 Å². The van der Waals surface area contributed by atoms with Gasteiger partial charge in [0.15, 0.2) is 0 Å². The zero-order chi connectivity index (χ0) is 10.5. The van der Waals surface area contributed by atoms with Gasteiger partial charge < -0.3 is 5.32 Å². The molecule has 0 aromatic carbocycles. The van der Waals surface area contributed by atoms with Crippen molar-refractivity contribution in [2.45, 2.75) is 23.8 Å². The minimum Gasteiger partial charge on any atom is -0.316 e. The molecule has 0 saturated carbocycles. The van der Waals surface area contributed by atoms with Crippen LogP contribution in [0.25, 0.3) is 0 Å². The summed E-state index contributed by atoms with van der Waals surface area (Å²) in [4.78, 5) is 4.20. The fraction of sp³-hybridized carbons (Fsp3) is 0.545. The molecule has 0 amide bonds. The molecule has 1 N–H and O–H groups in total. The number of piperidine rings is 1. The van der Waals surface area contributed by atoms with Crippen molar-refractivity contribution in [3.63, 3.8) is 0 Å². The van der Waals surface area contributed by atoms with Crippen LogP contribution >= 0.6 is 0 Å². The number of pyridine rings is 1. The maximum atomic E-state index is 12.0. The third-order valence-electron chi connectivity index (χ3n) is 2.64. The lowest BCUT2D eigenvalue weighted by atomic mass is 10.2. The zero-order valence-corrected chi connectivity index (χ0v) is 9.50.